The fourth-order valence-electron chi connectivity index (χ4n) is 5.33. The number of methoxy groups -OCH3 is 1. The van der Waals surface area contributed by atoms with Crippen molar-refractivity contribution in [3.63, 3.8) is 0 Å². The molecule has 8 heteroatoms. The van der Waals surface area contributed by atoms with Crippen LogP contribution >= 0.6 is 11.3 Å². The highest BCUT2D eigenvalue weighted by Gasteiger charge is 2.53. The lowest BCUT2D eigenvalue weighted by Gasteiger charge is -2.41. The first-order chi connectivity index (χ1) is 17.3. The maximum atomic E-state index is 14.3. The van der Waals surface area contributed by atoms with Gasteiger partial charge in [0.15, 0.2) is 5.78 Å². The van der Waals surface area contributed by atoms with Crippen molar-refractivity contribution in [1.29, 1.82) is 0 Å². The van der Waals surface area contributed by atoms with E-state index in [-0.39, 0.29) is 19.0 Å². The summed E-state index contributed by atoms with van der Waals surface area (Å²) >= 11 is 1.50. The first kappa shape index (κ1) is 25.8. The second-order valence-corrected chi connectivity index (χ2v) is 9.91. The fraction of sp³-hybridized carbons (Fsp3) is 0.429. The summed E-state index contributed by atoms with van der Waals surface area (Å²) in [5.74, 6) is -3.46. The van der Waals surface area contributed by atoms with E-state index >= 15 is 0 Å². The molecule has 0 saturated heterocycles. The number of ketones is 1. The van der Waals surface area contributed by atoms with Gasteiger partial charge in [0.1, 0.15) is 11.7 Å². The molecule has 1 aliphatic heterocycles. The van der Waals surface area contributed by atoms with Gasteiger partial charge in [0, 0.05) is 28.1 Å². The molecule has 1 aliphatic carbocycles. The monoisotopic (exact) mass is 509 g/mol. The highest BCUT2D eigenvalue weighted by atomic mass is 32.1. The average molecular weight is 510 g/mol. The second kappa shape index (κ2) is 10.8. The summed E-state index contributed by atoms with van der Waals surface area (Å²) in [5, 5.41) is 1.95. The van der Waals surface area contributed by atoms with E-state index in [2.05, 4.69) is 0 Å². The van der Waals surface area contributed by atoms with E-state index < -0.39 is 35.6 Å². The van der Waals surface area contributed by atoms with E-state index in [9.17, 15) is 14.4 Å². The maximum absolute atomic E-state index is 14.3. The predicted molar refractivity (Wildman–Crippen MR) is 138 cm³/mol. The molecule has 4 atom stereocenters. The minimum absolute atomic E-state index is 0.166. The van der Waals surface area contributed by atoms with Gasteiger partial charge in [-0.25, -0.2) is 4.79 Å². The molecule has 0 N–H and O–H groups in total. The molecule has 0 amide bonds. The Morgan fingerprint density at radius 3 is 2.47 bits per heavy atom. The Bertz CT molecular complexity index is 1240. The van der Waals surface area contributed by atoms with Gasteiger partial charge in [0.2, 0.25) is 0 Å². The topological polar surface area (TPSA) is 91.3 Å². The SMILES string of the molecule is CCOC(=O)C1=C(C)N=C2C[C@@H](c3cccc(OC)c3)[C@@H](C(=O)OCC)C(=O)C2[C@@H]1c1sccc1C. The summed E-state index contributed by atoms with van der Waals surface area (Å²) < 4.78 is 16.2. The lowest BCUT2D eigenvalue weighted by Crippen LogP contribution is -2.48. The number of carbonyl (C=O) groups is 3. The predicted octanol–water partition coefficient (Wildman–Crippen LogP) is 4.99. The van der Waals surface area contributed by atoms with Crippen LogP contribution in [0.5, 0.6) is 5.75 Å². The maximum Gasteiger partial charge on any atom is 0.336 e. The van der Waals surface area contributed by atoms with Crippen LogP contribution in [0, 0.1) is 18.8 Å². The summed E-state index contributed by atoms with van der Waals surface area (Å²) in [5.41, 5.74) is 3.40. The van der Waals surface area contributed by atoms with Crippen molar-refractivity contribution in [3.05, 3.63) is 63.0 Å². The molecular weight excluding hydrogens is 478 g/mol. The fourth-order valence-corrected chi connectivity index (χ4v) is 6.40. The van der Waals surface area contributed by atoms with Crippen LogP contribution in [0.4, 0.5) is 0 Å². The Kier molecular flexibility index (Phi) is 7.73. The molecule has 0 bridgehead atoms. The van der Waals surface area contributed by atoms with Gasteiger partial charge in [0.05, 0.1) is 31.8 Å². The highest BCUT2D eigenvalue weighted by molar-refractivity contribution is 7.10. The Balaban J connectivity index is 1.89. The number of Topliss-reactive ketones (excluding diaryl/α,β-unsaturated/α-hetero) is 1. The van der Waals surface area contributed by atoms with E-state index in [1.165, 1.54) is 11.3 Å². The molecular formula is C28H31NO6S. The van der Waals surface area contributed by atoms with E-state index in [4.69, 9.17) is 19.2 Å². The van der Waals surface area contributed by atoms with Crippen LogP contribution in [0.25, 0.3) is 0 Å². The zero-order valence-corrected chi connectivity index (χ0v) is 22.0. The number of hydrogen-bond donors (Lipinski definition) is 0. The van der Waals surface area contributed by atoms with Crippen molar-refractivity contribution in [2.45, 2.75) is 46.0 Å². The van der Waals surface area contributed by atoms with Gasteiger partial charge < -0.3 is 14.2 Å². The third-order valence-corrected chi connectivity index (χ3v) is 7.99. The van der Waals surface area contributed by atoms with E-state index in [0.717, 1.165) is 16.0 Å². The molecule has 7 nitrogen and oxygen atoms in total. The van der Waals surface area contributed by atoms with Gasteiger partial charge in [-0.05, 0) is 68.8 Å². The van der Waals surface area contributed by atoms with Crippen LogP contribution < -0.4 is 4.74 Å². The molecule has 190 valence electrons. The van der Waals surface area contributed by atoms with Crippen molar-refractivity contribution in [2.75, 3.05) is 20.3 Å². The number of thiophene rings is 1. The number of rotatable bonds is 7. The third-order valence-electron chi connectivity index (χ3n) is 6.89. The summed E-state index contributed by atoms with van der Waals surface area (Å²) in [6.45, 7) is 7.60. The standard InChI is InChI=1S/C28H31NO6S/c1-6-34-27(31)21-16(4)29-20-14-19(17-9-8-10-18(13-17)33-5)22(28(32)35-7-2)25(30)23(20)24(21)26-15(3)11-12-36-26/h8-13,19,22-24H,6-7,14H2,1-5H3/t19-,22+,23?,24+/m0/s1. The summed E-state index contributed by atoms with van der Waals surface area (Å²) in [7, 11) is 1.58. The number of aryl methyl sites for hydroxylation is 1. The zero-order valence-electron chi connectivity index (χ0n) is 21.2. The van der Waals surface area contributed by atoms with Gasteiger partial charge in [-0.1, -0.05) is 12.1 Å². The average Bonchev–Trinajstić information content (AvgIpc) is 3.28. The van der Waals surface area contributed by atoms with E-state index in [0.29, 0.717) is 29.2 Å². The number of allylic oxidation sites excluding steroid dienone is 1. The highest BCUT2D eigenvalue weighted by Crippen LogP contribution is 2.50. The van der Waals surface area contributed by atoms with Crippen LogP contribution in [-0.4, -0.2) is 43.8 Å². The first-order valence-electron chi connectivity index (χ1n) is 12.2. The molecule has 1 unspecified atom stereocenters. The second-order valence-electron chi connectivity index (χ2n) is 8.97. The minimum Gasteiger partial charge on any atom is -0.497 e. The molecule has 0 spiro atoms. The molecule has 1 fully saturated rings. The molecule has 2 heterocycles. The Morgan fingerprint density at radius 2 is 1.83 bits per heavy atom. The zero-order chi connectivity index (χ0) is 26.0. The Hall–Kier alpha value is -3.26. The van der Waals surface area contributed by atoms with Crippen molar-refractivity contribution in [1.82, 2.24) is 0 Å². The summed E-state index contributed by atoms with van der Waals surface area (Å²) in [6, 6.07) is 9.38. The lowest BCUT2D eigenvalue weighted by molar-refractivity contribution is -0.153. The van der Waals surface area contributed by atoms with Crippen LogP contribution in [0.2, 0.25) is 0 Å². The van der Waals surface area contributed by atoms with Gasteiger partial charge >= 0.3 is 11.9 Å². The lowest BCUT2D eigenvalue weighted by atomic mass is 9.63. The van der Waals surface area contributed by atoms with Crippen LogP contribution in [0.15, 0.2) is 52.0 Å². The number of carbonyl (C=O) groups excluding carboxylic acids is 3. The van der Waals surface area contributed by atoms with Gasteiger partial charge in [-0.3, -0.25) is 14.6 Å². The summed E-state index contributed by atoms with van der Waals surface area (Å²) in [6.07, 6.45) is 0.390. The molecule has 1 saturated carbocycles. The van der Waals surface area contributed by atoms with Crippen LogP contribution in [-0.2, 0) is 23.9 Å². The number of benzene rings is 1. The van der Waals surface area contributed by atoms with Gasteiger partial charge in [-0.2, -0.15) is 0 Å². The molecule has 1 aromatic heterocycles. The molecule has 2 aromatic rings. The number of fused-ring (bicyclic) bond motifs is 1. The number of aliphatic imine (C=N–C) groups is 1. The Morgan fingerprint density at radius 1 is 1.08 bits per heavy atom. The molecule has 0 radical (unpaired) electrons. The molecule has 1 aromatic carbocycles. The molecule has 36 heavy (non-hydrogen) atoms. The third kappa shape index (κ3) is 4.62. The number of ether oxygens (including phenoxy) is 3. The van der Waals surface area contributed by atoms with Crippen molar-refractivity contribution in [3.8, 4) is 5.75 Å². The van der Waals surface area contributed by atoms with Crippen LogP contribution in [0.3, 0.4) is 0 Å². The molecule has 2 aliphatic rings. The van der Waals surface area contributed by atoms with Crippen molar-refractivity contribution < 1.29 is 28.6 Å². The largest absolute Gasteiger partial charge is 0.497 e. The number of hydrogen-bond acceptors (Lipinski definition) is 8. The van der Waals surface area contributed by atoms with Gasteiger partial charge in [-0.15, -0.1) is 11.3 Å². The smallest absolute Gasteiger partial charge is 0.336 e. The summed E-state index contributed by atoms with van der Waals surface area (Å²) in [4.78, 5) is 46.3. The normalized spacial score (nSPS) is 23.6. The van der Waals surface area contributed by atoms with Crippen molar-refractivity contribution in [2.24, 2.45) is 16.8 Å². The minimum atomic E-state index is -1.02. The number of esters is 2. The van der Waals surface area contributed by atoms with Gasteiger partial charge in [0.25, 0.3) is 0 Å². The quantitative estimate of drug-likeness (QED) is 0.386. The first-order valence-corrected chi connectivity index (χ1v) is 13.0. The van der Waals surface area contributed by atoms with E-state index in [1.54, 1.807) is 27.9 Å². The van der Waals surface area contributed by atoms with Crippen molar-refractivity contribution >= 4 is 34.8 Å². The van der Waals surface area contributed by atoms with E-state index in [1.807, 2.05) is 42.6 Å². The Labute approximate surface area is 215 Å². The van der Waals surface area contributed by atoms with Crippen LogP contribution in [0.1, 0.15) is 55.0 Å². The number of nitrogens with zero attached hydrogens (tertiary/aromatic N) is 1. The molecule has 4 rings (SSSR count).